The molecule has 1 aliphatic rings. The third kappa shape index (κ3) is 7.72. The van der Waals surface area contributed by atoms with Gasteiger partial charge in [0.05, 0.1) is 6.61 Å². The van der Waals surface area contributed by atoms with Gasteiger partial charge in [0.2, 0.25) is 6.41 Å². The molecule has 1 aromatic rings. The summed E-state index contributed by atoms with van der Waals surface area (Å²) in [6.45, 7) is 10.1. The molecule has 2 rings (SSSR count). The molecule has 0 spiro atoms. The minimum Gasteiger partial charge on any atom is -0.464 e. The molecular weight excluding hydrogens is 314 g/mol. The number of rotatable bonds is 6. The molecule has 4 nitrogen and oxygen atoms in total. The average Bonchev–Trinajstić information content (AvgIpc) is 2.70. The molecule has 1 unspecified atom stereocenters. The maximum Gasteiger partial charge on any atom is 0.328 e. The zero-order valence-corrected chi connectivity index (χ0v) is 16.5. The van der Waals surface area contributed by atoms with Crippen molar-refractivity contribution in [3.05, 3.63) is 35.9 Å². The van der Waals surface area contributed by atoms with Crippen molar-refractivity contribution in [2.75, 3.05) is 6.61 Å². The molecule has 1 aromatic carbocycles. The van der Waals surface area contributed by atoms with Crippen molar-refractivity contribution in [1.29, 1.82) is 0 Å². The Morgan fingerprint density at radius 3 is 2.16 bits per heavy atom. The summed E-state index contributed by atoms with van der Waals surface area (Å²) in [5.41, 5.74) is 1.37. The van der Waals surface area contributed by atoms with Gasteiger partial charge in [-0.2, -0.15) is 0 Å². The first-order valence-corrected chi connectivity index (χ1v) is 9.67. The number of benzene rings is 1. The van der Waals surface area contributed by atoms with Crippen molar-refractivity contribution >= 4 is 12.4 Å². The van der Waals surface area contributed by atoms with Gasteiger partial charge in [0.1, 0.15) is 6.04 Å². The third-order valence-corrected chi connectivity index (χ3v) is 4.30. The van der Waals surface area contributed by atoms with E-state index in [0.717, 1.165) is 25.7 Å². The van der Waals surface area contributed by atoms with Gasteiger partial charge >= 0.3 is 5.97 Å². The Morgan fingerprint density at radius 1 is 1.12 bits per heavy atom. The lowest BCUT2D eigenvalue weighted by Crippen LogP contribution is -2.44. The molecule has 1 saturated carbocycles. The van der Waals surface area contributed by atoms with Crippen LogP contribution in [0.4, 0.5) is 0 Å². The van der Waals surface area contributed by atoms with Crippen LogP contribution in [0.25, 0.3) is 0 Å². The second kappa shape index (κ2) is 14.5. The van der Waals surface area contributed by atoms with Crippen molar-refractivity contribution in [3.8, 4) is 0 Å². The summed E-state index contributed by atoms with van der Waals surface area (Å²) in [5, 5.41) is 2.64. The molecule has 1 N–H and O–H groups in total. The highest BCUT2D eigenvalue weighted by molar-refractivity contribution is 5.78. The van der Waals surface area contributed by atoms with Crippen molar-refractivity contribution in [3.63, 3.8) is 0 Å². The monoisotopic (exact) mass is 349 g/mol. The maximum atomic E-state index is 11.9. The lowest BCUT2D eigenvalue weighted by Gasteiger charge is -2.32. The Morgan fingerprint density at radius 2 is 1.68 bits per heavy atom. The van der Waals surface area contributed by atoms with Crippen LogP contribution in [0.15, 0.2) is 30.3 Å². The van der Waals surface area contributed by atoms with Crippen LogP contribution in [-0.2, 0) is 14.3 Å². The van der Waals surface area contributed by atoms with E-state index in [-0.39, 0.29) is 11.9 Å². The van der Waals surface area contributed by atoms with Gasteiger partial charge in [0, 0.05) is 0 Å². The molecule has 0 bridgehead atoms. The van der Waals surface area contributed by atoms with E-state index < -0.39 is 6.04 Å². The standard InChI is InChI=1S/C17H23NO3.2C2H6/c1-2-21-17(20)16(18-12-19)15-10-8-14(9-11-15)13-6-4-3-5-7-13;2*1-2/h3-7,12,14-16H,2,8-11H2,1H3,(H,18,19);2*1-2H3. The largest absolute Gasteiger partial charge is 0.464 e. The van der Waals surface area contributed by atoms with Crippen molar-refractivity contribution < 1.29 is 14.3 Å². The number of hydrogen-bond acceptors (Lipinski definition) is 3. The van der Waals surface area contributed by atoms with E-state index in [9.17, 15) is 9.59 Å². The van der Waals surface area contributed by atoms with Crippen LogP contribution in [0.5, 0.6) is 0 Å². The highest BCUT2D eigenvalue weighted by Gasteiger charge is 2.33. The Kier molecular flexibility index (Phi) is 13.4. The van der Waals surface area contributed by atoms with Crippen LogP contribution in [-0.4, -0.2) is 25.0 Å². The summed E-state index contributed by atoms with van der Waals surface area (Å²) in [6.07, 6.45) is 4.56. The first-order chi connectivity index (χ1) is 12.3. The lowest BCUT2D eigenvalue weighted by atomic mass is 9.76. The fraction of sp³-hybridized carbons (Fsp3) is 0.619. The fourth-order valence-electron chi connectivity index (χ4n) is 3.21. The van der Waals surface area contributed by atoms with Crippen LogP contribution in [0, 0.1) is 5.92 Å². The normalized spacial score (nSPS) is 19.9. The van der Waals surface area contributed by atoms with Crippen molar-refractivity contribution in [2.45, 2.75) is 72.3 Å². The molecule has 0 saturated heterocycles. The second-order valence-corrected chi connectivity index (χ2v) is 5.54. The summed E-state index contributed by atoms with van der Waals surface area (Å²) in [4.78, 5) is 22.7. The average molecular weight is 350 g/mol. The molecule has 0 aliphatic heterocycles. The van der Waals surface area contributed by atoms with Crippen LogP contribution in [0.3, 0.4) is 0 Å². The molecule has 0 heterocycles. The molecule has 4 heteroatoms. The summed E-state index contributed by atoms with van der Waals surface area (Å²) in [5.74, 6) is 0.420. The summed E-state index contributed by atoms with van der Waals surface area (Å²) < 4.78 is 5.06. The van der Waals surface area contributed by atoms with E-state index in [1.54, 1.807) is 6.92 Å². The molecule has 1 atom stereocenters. The van der Waals surface area contributed by atoms with Crippen LogP contribution < -0.4 is 5.32 Å². The maximum absolute atomic E-state index is 11.9. The van der Waals surface area contributed by atoms with Crippen LogP contribution in [0.1, 0.15) is 71.8 Å². The molecule has 142 valence electrons. The van der Waals surface area contributed by atoms with Gasteiger partial charge in [-0.1, -0.05) is 58.0 Å². The molecule has 1 aliphatic carbocycles. The highest BCUT2D eigenvalue weighted by atomic mass is 16.5. The Bertz CT molecular complexity index is 453. The van der Waals surface area contributed by atoms with Gasteiger partial charge in [-0.05, 0) is 50.0 Å². The zero-order valence-electron chi connectivity index (χ0n) is 16.5. The van der Waals surface area contributed by atoms with Gasteiger partial charge in [-0.25, -0.2) is 4.79 Å². The van der Waals surface area contributed by atoms with E-state index in [4.69, 9.17) is 4.74 Å². The van der Waals surface area contributed by atoms with E-state index in [1.165, 1.54) is 5.56 Å². The van der Waals surface area contributed by atoms with E-state index in [0.29, 0.717) is 18.9 Å². The number of hydrogen-bond donors (Lipinski definition) is 1. The first kappa shape index (κ1) is 23.2. The highest BCUT2D eigenvalue weighted by Crippen LogP contribution is 2.37. The molecule has 25 heavy (non-hydrogen) atoms. The molecule has 0 aromatic heterocycles. The predicted molar refractivity (Wildman–Crippen MR) is 103 cm³/mol. The van der Waals surface area contributed by atoms with Gasteiger partial charge in [0.15, 0.2) is 0 Å². The first-order valence-electron chi connectivity index (χ1n) is 9.67. The SMILES string of the molecule is CC.CC.CCOC(=O)C(NC=O)C1CCC(c2ccccc2)CC1. The Balaban J connectivity index is 0.00000134. The zero-order chi connectivity index (χ0) is 19.1. The quantitative estimate of drug-likeness (QED) is 0.599. The summed E-state index contributed by atoms with van der Waals surface area (Å²) in [7, 11) is 0. The summed E-state index contributed by atoms with van der Waals surface area (Å²) in [6, 6.07) is 9.99. The predicted octanol–water partition coefficient (Wildman–Crippen LogP) is 4.69. The topological polar surface area (TPSA) is 55.4 Å². The van der Waals surface area contributed by atoms with Crippen LogP contribution >= 0.6 is 0 Å². The lowest BCUT2D eigenvalue weighted by molar-refractivity contribution is -0.148. The van der Waals surface area contributed by atoms with Crippen molar-refractivity contribution in [1.82, 2.24) is 5.32 Å². The second-order valence-electron chi connectivity index (χ2n) is 5.54. The van der Waals surface area contributed by atoms with E-state index >= 15 is 0 Å². The number of carbonyl (C=O) groups excluding carboxylic acids is 2. The number of amides is 1. The van der Waals surface area contributed by atoms with Gasteiger partial charge in [-0.3, -0.25) is 4.79 Å². The van der Waals surface area contributed by atoms with Gasteiger partial charge < -0.3 is 10.1 Å². The number of nitrogens with one attached hydrogen (secondary N) is 1. The Hall–Kier alpha value is -1.84. The van der Waals surface area contributed by atoms with Gasteiger partial charge in [0.25, 0.3) is 0 Å². The third-order valence-electron chi connectivity index (χ3n) is 4.30. The van der Waals surface area contributed by atoms with Crippen molar-refractivity contribution in [2.24, 2.45) is 5.92 Å². The smallest absolute Gasteiger partial charge is 0.328 e. The summed E-state index contributed by atoms with van der Waals surface area (Å²) >= 11 is 0. The van der Waals surface area contributed by atoms with Crippen LogP contribution in [0.2, 0.25) is 0 Å². The van der Waals surface area contributed by atoms with E-state index in [2.05, 4.69) is 29.6 Å². The number of carbonyl (C=O) groups is 2. The minimum atomic E-state index is -0.501. The minimum absolute atomic E-state index is 0.175. The molecule has 1 amide bonds. The molecule has 0 radical (unpaired) electrons. The Labute approximate surface area is 153 Å². The van der Waals surface area contributed by atoms with Gasteiger partial charge in [-0.15, -0.1) is 0 Å². The molecule has 1 fully saturated rings. The number of esters is 1. The van der Waals surface area contributed by atoms with E-state index in [1.807, 2.05) is 33.8 Å². The molecular formula is C21H35NO3. The number of ether oxygens (including phenoxy) is 1. The fourth-order valence-corrected chi connectivity index (χ4v) is 3.21.